The van der Waals surface area contributed by atoms with Crippen molar-refractivity contribution in [1.82, 2.24) is 10.6 Å². The normalized spacial score (nSPS) is 27.2. The Bertz CT molecular complexity index is 265. The predicted molar refractivity (Wildman–Crippen MR) is 75.1 cm³/mol. The Balaban J connectivity index is 1.21. The van der Waals surface area contributed by atoms with Crippen LogP contribution in [0.5, 0.6) is 0 Å². The number of nitrogens with one attached hydrogen (secondary N) is 2. The van der Waals surface area contributed by atoms with Gasteiger partial charge in [0.05, 0.1) is 13.2 Å². The molecule has 3 aliphatic rings. The van der Waals surface area contributed by atoms with Crippen LogP contribution in [0.2, 0.25) is 0 Å². The van der Waals surface area contributed by atoms with Crippen LogP contribution in [-0.2, 0) is 9.47 Å². The molecule has 1 aliphatic heterocycles. The molecule has 4 nitrogen and oxygen atoms in total. The van der Waals surface area contributed by atoms with E-state index in [1.54, 1.807) is 0 Å². The topological polar surface area (TPSA) is 42.5 Å². The summed E-state index contributed by atoms with van der Waals surface area (Å²) in [5.41, 5.74) is 0. The Morgan fingerprint density at radius 3 is 2.32 bits per heavy atom. The molecule has 3 fully saturated rings. The van der Waals surface area contributed by atoms with Crippen LogP contribution < -0.4 is 10.6 Å². The van der Waals surface area contributed by atoms with E-state index in [-0.39, 0.29) is 5.79 Å². The molecule has 0 unspecified atom stereocenters. The van der Waals surface area contributed by atoms with Gasteiger partial charge >= 0.3 is 0 Å². The zero-order valence-electron chi connectivity index (χ0n) is 12.0. The monoisotopic (exact) mass is 268 g/mol. The summed E-state index contributed by atoms with van der Waals surface area (Å²) in [5, 5.41) is 7.08. The van der Waals surface area contributed by atoms with Crippen molar-refractivity contribution in [2.45, 2.75) is 56.8 Å². The van der Waals surface area contributed by atoms with Gasteiger partial charge in [-0.1, -0.05) is 0 Å². The first kappa shape index (κ1) is 13.8. The molecule has 110 valence electrons. The molecular weight excluding hydrogens is 240 g/mol. The highest BCUT2D eigenvalue weighted by atomic mass is 16.7. The molecule has 1 spiro atoms. The quantitative estimate of drug-likeness (QED) is 0.689. The molecular formula is C15H28N2O2. The second-order valence-electron chi connectivity index (χ2n) is 6.32. The Morgan fingerprint density at radius 2 is 1.63 bits per heavy atom. The Kier molecular flexibility index (Phi) is 4.74. The molecule has 1 saturated heterocycles. The lowest BCUT2D eigenvalue weighted by atomic mass is 9.83. The van der Waals surface area contributed by atoms with Crippen LogP contribution in [-0.4, -0.2) is 44.7 Å². The second-order valence-corrected chi connectivity index (χ2v) is 6.32. The highest BCUT2D eigenvalue weighted by molar-refractivity contribution is 4.83. The van der Waals surface area contributed by atoms with E-state index in [0.29, 0.717) is 0 Å². The number of ether oxygens (including phenoxy) is 2. The molecule has 3 rings (SSSR count). The van der Waals surface area contributed by atoms with Crippen molar-refractivity contribution < 1.29 is 9.47 Å². The number of hydrogen-bond donors (Lipinski definition) is 2. The molecule has 1 heterocycles. The fraction of sp³-hybridized carbons (Fsp3) is 1.00. The Morgan fingerprint density at radius 1 is 0.895 bits per heavy atom. The zero-order chi connectivity index (χ0) is 13.0. The Labute approximate surface area is 116 Å². The third-order valence-electron chi connectivity index (χ3n) is 4.72. The van der Waals surface area contributed by atoms with Crippen molar-refractivity contribution in [3.8, 4) is 0 Å². The summed E-state index contributed by atoms with van der Waals surface area (Å²) in [5.74, 6) is 0.681. The van der Waals surface area contributed by atoms with Crippen LogP contribution in [0.3, 0.4) is 0 Å². The minimum absolute atomic E-state index is 0.182. The summed E-state index contributed by atoms with van der Waals surface area (Å²) in [6.07, 6.45) is 8.80. The summed E-state index contributed by atoms with van der Waals surface area (Å²) < 4.78 is 11.5. The van der Waals surface area contributed by atoms with Crippen molar-refractivity contribution >= 4 is 0 Å². The van der Waals surface area contributed by atoms with Crippen molar-refractivity contribution in [2.75, 3.05) is 32.8 Å². The van der Waals surface area contributed by atoms with Gasteiger partial charge < -0.3 is 20.1 Å². The van der Waals surface area contributed by atoms with Gasteiger partial charge in [0.25, 0.3) is 0 Å². The lowest BCUT2D eigenvalue weighted by molar-refractivity contribution is -0.182. The van der Waals surface area contributed by atoms with E-state index in [0.717, 1.165) is 57.6 Å². The first-order chi connectivity index (χ1) is 9.36. The van der Waals surface area contributed by atoms with E-state index < -0.39 is 0 Å². The average molecular weight is 268 g/mol. The van der Waals surface area contributed by atoms with Gasteiger partial charge in [-0.3, -0.25) is 0 Å². The van der Waals surface area contributed by atoms with E-state index in [4.69, 9.17) is 9.47 Å². The van der Waals surface area contributed by atoms with E-state index in [1.807, 2.05) is 0 Å². The van der Waals surface area contributed by atoms with E-state index >= 15 is 0 Å². The Hall–Kier alpha value is -0.160. The molecule has 19 heavy (non-hydrogen) atoms. The maximum absolute atomic E-state index is 5.77. The molecule has 0 bridgehead atoms. The van der Waals surface area contributed by atoms with Gasteiger partial charge in [-0.15, -0.1) is 0 Å². The third kappa shape index (κ3) is 4.15. The minimum Gasteiger partial charge on any atom is -0.348 e. The van der Waals surface area contributed by atoms with Crippen molar-refractivity contribution in [3.63, 3.8) is 0 Å². The van der Waals surface area contributed by atoms with Gasteiger partial charge in [-0.2, -0.15) is 0 Å². The van der Waals surface area contributed by atoms with Gasteiger partial charge in [-0.05, 0) is 44.6 Å². The fourth-order valence-corrected chi connectivity index (χ4v) is 3.28. The summed E-state index contributed by atoms with van der Waals surface area (Å²) in [6, 6.07) is 0.836. The first-order valence-corrected chi connectivity index (χ1v) is 8.08. The molecule has 2 aliphatic carbocycles. The van der Waals surface area contributed by atoms with E-state index in [1.165, 1.54) is 32.1 Å². The van der Waals surface area contributed by atoms with Crippen LogP contribution in [0.1, 0.15) is 44.9 Å². The fourth-order valence-electron chi connectivity index (χ4n) is 3.28. The molecule has 0 amide bonds. The summed E-state index contributed by atoms with van der Waals surface area (Å²) >= 11 is 0. The van der Waals surface area contributed by atoms with E-state index in [2.05, 4.69) is 10.6 Å². The SMILES string of the molecule is C(CNC1CC1)NCCC1CCC2(CC1)OCCO2. The van der Waals surface area contributed by atoms with Gasteiger partial charge in [0.2, 0.25) is 0 Å². The lowest BCUT2D eigenvalue weighted by Crippen LogP contribution is -2.36. The van der Waals surface area contributed by atoms with Crippen molar-refractivity contribution in [1.29, 1.82) is 0 Å². The molecule has 0 atom stereocenters. The smallest absolute Gasteiger partial charge is 0.168 e. The van der Waals surface area contributed by atoms with E-state index in [9.17, 15) is 0 Å². The standard InChI is InChI=1S/C15H28N2O2/c1-2-14(1)17-10-9-16-8-5-13-3-6-15(7-4-13)18-11-12-19-15/h13-14,16-17H,1-12H2. The van der Waals surface area contributed by atoms with Crippen LogP contribution in [0.25, 0.3) is 0 Å². The third-order valence-corrected chi connectivity index (χ3v) is 4.72. The summed E-state index contributed by atoms with van der Waals surface area (Å²) in [4.78, 5) is 0. The predicted octanol–water partition coefficient (Wildman–Crippen LogP) is 1.65. The van der Waals surface area contributed by atoms with Gasteiger partial charge in [0.1, 0.15) is 0 Å². The first-order valence-electron chi connectivity index (χ1n) is 8.08. The van der Waals surface area contributed by atoms with Crippen LogP contribution in [0.15, 0.2) is 0 Å². The van der Waals surface area contributed by atoms with Crippen molar-refractivity contribution in [2.24, 2.45) is 5.92 Å². The van der Waals surface area contributed by atoms with Crippen LogP contribution >= 0.6 is 0 Å². The van der Waals surface area contributed by atoms with Gasteiger partial charge in [0.15, 0.2) is 5.79 Å². The summed E-state index contributed by atoms with van der Waals surface area (Å²) in [7, 11) is 0. The molecule has 2 saturated carbocycles. The largest absolute Gasteiger partial charge is 0.348 e. The van der Waals surface area contributed by atoms with Crippen LogP contribution in [0, 0.1) is 5.92 Å². The van der Waals surface area contributed by atoms with Gasteiger partial charge in [0, 0.05) is 32.0 Å². The highest BCUT2D eigenvalue weighted by Gasteiger charge is 2.39. The molecule has 0 aromatic heterocycles. The minimum atomic E-state index is -0.182. The van der Waals surface area contributed by atoms with Crippen molar-refractivity contribution in [3.05, 3.63) is 0 Å². The summed E-state index contributed by atoms with van der Waals surface area (Å²) in [6.45, 7) is 4.98. The lowest BCUT2D eigenvalue weighted by Gasteiger charge is -2.35. The molecule has 0 radical (unpaired) electrons. The molecule has 0 aromatic carbocycles. The average Bonchev–Trinajstić information content (AvgIpc) is 3.16. The zero-order valence-corrected chi connectivity index (χ0v) is 12.0. The second kappa shape index (κ2) is 6.53. The molecule has 0 aromatic rings. The maximum Gasteiger partial charge on any atom is 0.168 e. The highest BCUT2D eigenvalue weighted by Crippen LogP contribution is 2.39. The van der Waals surface area contributed by atoms with Crippen LogP contribution in [0.4, 0.5) is 0 Å². The van der Waals surface area contributed by atoms with Gasteiger partial charge in [-0.25, -0.2) is 0 Å². The maximum atomic E-state index is 5.77. The number of rotatable bonds is 7. The molecule has 4 heteroatoms. The molecule has 2 N–H and O–H groups in total. The number of hydrogen-bond acceptors (Lipinski definition) is 4.